The number of nitrogens with zero attached hydrogens (tertiary/aromatic N) is 4. The molecule has 2 aromatic heterocycles. The van der Waals surface area contributed by atoms with Crippen LogP contribution in [0.4, 0.5) is 0 Å². The van der Waals surface area contributed by atoms with Crippen molar-refractivity contribution in [2.24, 2.45) is 0 Å². The summed E-state index contributed by atoms with van der Waals surface area (Å²) in [5.74, 6) is -0.0151. The number of fused-ring (bicyclic) bond motifs is 1. The lowest BCUT2D eigenvalue weighted by atomic mass is 10.3. The van der Waals surface area contributed by atoms with E-state index in [4.69, 9.17) is 4.74 Å². The maximum absolute atomic E-state index is 12.3. The number of thioether (sulfide) groups is 1. The number of ether oxygens (including phenoxy) is 1. The van der Waals surface area contributed by atoms with E-state index in [1.165, 1.54) is 18.1 Å². The third-order valence-electron chi connectivity index (χ3n) is 3.96. The number of rotatable bonds is 9. The molecule has 7 nitrogen and oxygen atoms in total. The molecule has 3 aromatic rings. The SMILES string of the molecule is CCOCCCNC(=O)C(C)Sc1ncnc2c1cnn2-c1ccccc1. The molecule has 0 aliphatic rings. The molecule has 0 bridgehead atoms. The molecule has 142 valence electrons. The molecule has 0 aliphatic carbocycles. The summed E-state index contributed by atoms with van der Waals surface area (Å²) in [7, 11) is 0. The second-order valence-corrected chi connectivity index (χ2v) is 7.24. The lowest BCUT2D eigenvalue weighted by Crippen LogP contribution is -2.32. The minimum atomic E-state index is -0.268. The van der Waals surface area contributed by atoms with Crippen molar-refractivity contribution in [1.82, 2.24) is 25.1 Å². The average Bonchev–Trinajstić information content (AvgIpc) is 3.13. The second kappa shape index (κ2) is 9.48. The van der Waals surface area contributed by atoms with Gasteiger partial charge in [-0.1, -0.05) is 30.0 Å². The minimum absolute atomic E-state index is 0.0151. The maximum atomic E-state index is 12.3. The molecular formula is C19H23N5O2S. The Bertz CT molecular complexity index is 884. The maximum Gasteiger partial charge on any atom is 0.233 e. The molecule has 1 unspecified atom stereocenters. The first-order chi connectivity index (χ1) is 13.2. The molecule has 0 radical (unpaired) electrons. The first-order valence-corrected chi connectivity index (χ1v) is 9.85. The lowest BCUT2D eigenvalue weighted by molar-refractivity contribution is -0.120. The van der Waals surface area contributed by atoms with Gasteiger partial charge in [0.1, 0.15) is 11.4 Å². The molecule has 1 atom stereocenters. The summed E-state index contributed by atoms with van der Waals surface area (Å²) in [6.45, 7) is 5.79. The van der Waals surface area contributed by atoms with Crippen LogP contribution in [0.25, 0.3) is 16.7 Å². The first kappa shape index (κ1) is 19.3. The Morgan fingerprint density at radius 2 is 2.11 bits per heavy atom. The van der Waals surface area contributed by atoms with E-state index in [0.717, 1.165) is 28.2 Å². The molecule has 1 aromatic carbocycles. The number of benzene rings is 1. The molecule has 2 heterocycles. The van der Waals surface area contributed by atoms with Gasteiger partial charge in [0.05, 0.1) is 22.5 Å². The van der Waals surface area contributed by atoms with E-state index in [2.05, 4.69) is 20.4 Å². The minimum Gasteiger partial charge on any atom is -0.382 e. The largest absolute Gasteiger partial charge is 0.382 e. The fourth-order valence-electron chi connectivity index (χ4n) is 2.57. The van der Waals surface area contributed by atoms with Gasteiger partial charge >= 0.3 is 0 Å². The molecule has 27 heavy (non-hydrogen) atoms. The number of nitrogens with one attached hydrogen (secondary N) is 1. The third-order valence-corrected chi connectivity index (χ3v) is 5.07. The normalized spacial score (nSPS) is 12.2. The summed E-state index contributed by atoms with van der Waals surface area (Å²) < 4.78 is 7.05. The number of para-hydroxylation sites is 1. The Kier molecular flexibility index (Phi) is 6.78. The van der Waals surface area contributed by atoms with Crippen molar-refractivity contribution in [2.75, 3.05) is 19.8 Å². The van der Waals surface area contributed by atoms with Crippen LogP contribution in [0, 0.1) is 0 Å². The summed E-state index contributed by atoms with van der Waals surface area (Å²) >= 11 is 1.41. The van der Waals surface area contributed by atoms with E-state index in [1.807, 2.05) is 44.2 Å². The van der Waals surface area contributed by atoms with E-state index in [0.29, 0.717) is 19.8 Å². The number of amides is 1. The molecule has 0 fully saturated rings. The van der Waals surface area contributed by atoms with Gasteiger partial charge in [-0.15, -0.1) is 0 Å². The number of hydrogen-bond acceptors (Lipinski definition) is 6. The summed E-state index contributed by atoms with van der Waals surface area (Å²) in [5.41, 5.74) is 1.66. The molecular weight excluding hydrogens is 362 g/mol. The predicted molar refractivity (Wildman–Crippen MR) is 106 cm³/mol. The second-order valence-electron chi connectivity index (χ2n) is 5.91. The highest BCUT2D eigenvalue weighted by Crippen LogP contribution is 2.28. The molecule has 1 amide bonds. The van der Waals surface area contributed by atoms with Crippen LogP contribution in [-0.2, 0) is 9.53 Å². The van der Waals surface area contributed by atoms with E-state index < -0.39 is 0 Å². The summed E-state index contributed by atoms with van der Waals surface area (Å²) in [6.07, 6.45) is 4.06. The van der Waals surface area contributed by atoms with Gasteiger partial charge in [-0.25, -0.2) is 14.6 Å². The van der Waals surface area contributed by atoms with Crippen LogP contribution in [0.2, 0.25) is 0 Å². The number of carbonyl (C=O) groups excluding carboxylic acids is 1. The average molecular weight is 385 g/mol. The van der Waals surface area contributed by atoms with Crippen LogP contribution < -0.4 is 5.32 Å². The Morgan fingerprint density at radius 3 is 2.89 bits per heavy atom. The highest BCUT2D eigenvalue weighted by molar-refractivity contribution is 8.00. The molecule has 0 saturated carbocycles. The van der Waals surface area contributed by atoms with Crippen LogP contribution >= 0.6 is 11.8 Å². The Balaban J connectivity index is 1.68. The van der Waals surface area contributed by atoms with Crippen molar-refractivity contribution in [3.63, 3.8) is 0 Å². The lowest BCUT2D eigenvalue weighted by Gasteiger charge is -2.12. The summed E-state index contributed by atoms with van der Waals surface area (Å²) in [4.78, 5) is 21.0. The van der Waals surface area contributed by atoms with Gasteiger partial charge in [-0.3, -0.25) is 4.79 Å². The van der Waals surface area contributed by atoms with Crippen molar-refractivity contribution in [2.45, 2.75) is 30.5 Å². The van der Waals surface area contributed by atoms with E-state index in [9.17, 15) is 4.79 Å². The first-order valence-electron chi connectivity index (χ1n) is 8.97. The van der Waals surface area contributed by atoms with E-state index in [-0.39, 0.29) is 11.2 Å². The van der Waals surface area contributed by atoms with Gasteiger partial charge in [0.15, 0.2) is 5.65 Å². The quantitative estimate of drug-likeness (QED) is 0.346. The van der Waals surface area contributed by atoms with Crippen molar-refractivity contribution < 1.29 is 9.53 Å². The zero-order valence-corrected chi connectivity index (χ0v) is 16.3. The van der Waals surface area contributed by atoms with Gasteiger partial charge in [-0.05, 0) is 32.4 Å². The van der Waals surface area contributed by atoms with Gasteiger partial charge in [0, 0.05) is 19.8 Å². The third kappa shape index (κ3) is 4.84. The van der Waals surface area contributed by atoms with Crippen LogP contribution in [0.1, 0.15) is 20.3 Å². The zero-order valence-electron chi connectivity index (χ0n) is 15.5. The smallest absolute Gasteiger partial charge is 0.233 e. The van der Waals surface area contributed by atoms with Crippen LogP contribution in [0.5, 0.6) is 0 Å². The van der Waals surface area contributed by atoms with Crippen molar-refractivity contribution in [3.8, 4) is 5.69 Å². The van der Waals surface area contributed by atoms with Gasteiger partial charge in [0.25, 0.3) is 0 Å². The number of aromatic nitrogens is 4. The van der Waals surface area contributed by atoms with Crippen LogP contribution in [0.3, 0.4) is 0 Å². The highest BCUT2D eigenvalue weighted by atomic mass is 32.2. The molecule has 8 heteroatoms. The van der Waals surface area contributed by atoms with Crippen LogP contribution in [-0.4, -0.2) is 50.7 Å². The zero-order chi connectivity index (χ0) is 19.1. The number of carbonyl (C=O) groups is 1. The summed E-state index contributed by atoms with van der Waals surface area (Å²) in [5, 5.41) is 8.70. The molecule has 0 spiro atoms. The van der Waals surface area contributed by atoms with Crippen LogP contribution in [0.15, 0.2) is 47.9 Å². The van der Waals surface area contributed by atoms with Gasteiger partial charge in [-0.2, -0.15) is 5.10 Å². The van der Waals surface area contributed by atoms with Crippen molar-refractivity contribution in [1.29, 1.82) is 0 Å². The highest BCUT2D eigenvalue weighted by Gasteiger charge is 2.18. The summed E-state index contributed by atoms with van der Waals surface area (Å²) in [6, 6.07) is 9.81. The predicted octanol–water partition coefficient (Wildman–Crippen LogP) is 2.84. The van der Waals surface area contributed by atoms with Gasteiger partial charge < -0.3 is 10.1 Å². The van der Waals surface area contributed by atoms with E-state index >= 15 is 0 Å². The Morgan fingerprint density at radius 1 is 1.30 bits per heavy atom. The Labute approximate surface area is 162 Å². The topological polar surface area (TPSA) is 81.9 Å². The molecule has 0 saturated heterocycles. The Hall–Kier alpha value is -2.45. The van der Waals surface area contributed by atoms with Gasteiger partial charge in [0.2, 0.25) is 5.91 Å². The van der Waals surface area contributed by atoms with Crippen molar-refractivity contribution in [3.05, 3.63) is 42.9 Å². The molecule has 1 N–H and O–H groups in total. The fourth-order valence-corrected chi connectivity index (χ4v) is 3.47. The number of hydrogen-bond donors (Lipinski definition) is 1. The van der Waals surface area contributed by atoms with Crippen molar-refractivity contribution >= 4 is 28.7 Å². The standard InChI is InChI=1S/C19H23N5O2S/c1-3-26-11-7-10-20-18(25)14(2)27-19-16-12-23-24(17(16)21-13-22-19)15-8-5-4-6-9-15/h4-6,8-9,12-14H,3,7,10-11H2,1-2H3,(H,20,25). The molecule has 3 rings (SSSR count). The molecule has 0 aliphatic heterocycles. The monoisotopic (exact) mass is 385 g/mol. The van der Waals surface area contributed by atoms with E-state index in [1.54, 1.807) is 10.9 Å². The fraction of sp³-hybridized carbons (Fsp3) is 0.368.